The average molecular weight is 383 g/mol. The van der Waals surface area contributed by atoms with E-state index in [1.807, 2.05) is 52.3 Å². The number of hydrogen-bond acceptors (Lipinski definition) is 2. The fourth-order valence-corrected chi connectivity index (χ4v) is 3.09. The van der Waals surface area contributed by atoms with Crippen molar-refractivity contribution in [1.82, 2.24) is 0 Å². The number of sulfone groups is 1. The number of rotatable bonds is 5. The van der Waals surface area contributed by atoms with Crippen molar-refractivity contribution in [3.05, 3.63) is 35.4 Å². The van der Waals surface area contributed by atoms with E-state index >= 15 is 0 Å². The molecule has 0 amide bonds. The van der Waals surface area contributed by atoms with Crippen molar-refractivity contribution in [2.75, 3.05) is 33.4 Å². The highest BCUT2D eigenvalue weighted by molar-refractivity contribution is 7.90. The van der Waals surface area contributed by atoms with Crippen molar-refractivity contribution < 1.29 is 36.9 Å². The maximum Gasteiger partial charge on any atom is 0.159 e. The SMILES string of the molecule is Cc1ccc(CS(=O)(=O)CC[N+](C)(C)C)cc1.[I-]. The van der Waals surface area contributed by atoms with Crippen molar-refractivity contribution in [2.45, 2.75) is 12.7 Å². The van der Waals surface area contributed by atoms with E-state index in [0.29, 0.717) is 11.0 Å². The molecule has 1 rings (SSSR count). The molecule has 0 aliphatic carbocycles. The molecule has 0 saturated carbocycles. The zero-order chi connectivity index (χ0) is 13.1. The molecule has 1 aromatic carbocycles. The van der Waals surface area contributed by atoms with Gasteiger partial charge in [-0.25, -0.2) is 8.42 Å². The van der Waals surface area contributed by atoms with Crippen LogP contribution >= 0.6 is 0 Å². The first-order chi connectivity index (χ1) is 7.68. The second-order valence-corrected chi connectivity index (χ2v) is 7.78. The third-order valence-electron chi connectivity index (χ3n) is 2.58. The highest BCUT2D eigenvalue weighted by Crippen LogP contribution is 2.09. The van der Waals surface area contributed by atoms with E-state index in [0.717, 1.165) is 11.1 Å². The van der Waals surface area contributed by atoms with Gasteiger partial charge in [-0.05, 0) is 12.5 Å². The number of quaternary nitrogens is 1. The fraction of sp³-hybridized carbons (Fsp3) is 0.538. The molecule has 0 unspecified atom stereocenters. The summed E-state index contributed by atoms with van der Waals surface area (Å²) in [6.07, 6.45) is 0. The van der Waals surface area contributed by atoms with Gasteiger partial charge in [-0.1, -0.05) is 29.8 Å². The lowest BCUT2D eigenvalue weighted by atomic mass is 10.2. The molecule has 0 radical (unpaired) electrons. The van der Waals surface area contributed by atoms with E-state index in [4.69, 9.17) is 0 Å². The first-order valence-corrected chi connectivity index (χ1v) is 7.56. The summed E-state index contributed by atoms with van der Waals surface area (Å²) in [5, 5.41) is 0. The Morgan fingerprint density at radius 2 is 1.56 bits per heavy atom. The highest BCUT2D eigenvalue weighted by Gasteiger charge is 2.17. The Kier molecular flexibility index (Phi) is 6.81. The summed E-state index contributed by atoms with van der Waals surface area (Å²) in [5.74, 6) is 0.387. The summed E-state index contributed by atoms with van der Waals surface area (Å²) < 4.78 is 24.5. The van der Waals surface area contributed by atoms with E-state index in [1.165, 1.54) is 0 Å². The molecule has 3 nitrogen and oxygen atoms in total. The van der Waals surface area contributed by atoms with E-state index in [2.05, 4.69) is 0 Å². The molecular weight excluding hydrogens is 361 g/mol. The third-order valence-corrected chi connectivity index (χ3v) is 4.16. The molecule has 0 saturated heterocycles. The maximum absolute atomic E-state index is 11.9. The minimum atomic E-state index is -3.00. The lowest BCUT2D eigenvalue weighted by Crippen LogP contribution is -3.00. The van der Waals surface area contributed by atoms with Crippen molar-refractivity contribution in [2.24, 2.45) is 0 Å². The van der Waals surface area contributed by atoms with Gasteiger partial charge in [0, 0.05) is 0 Å². The monoisotopic (exact) mass is 383 g/mol. The Morgan fingerprint density at radius 3 is 2.00 bits per heavy atom. The van der Waals surface area contributed by atoms with E-state index in [1.54, 1.807) is 0 Å². The van der Waals surface area contributed by atoms with Crippen molar-refractivity contribution >= 4 is 9.84 Å². The largest absolute Gasteiger partial charge is 1.00 e. The van der Waals surface area contributed by atoms with Gasteiger partial charge in [-0.2, -0.15) is 0 Å². The third kappa shape index (κ3) is 7.33. The molecule has 0 spiro atoms. The highest BCUT2D eigenvalue weighted by atomic mass is 127. The standard InChI is InChI=1S/C13H22NO2S.HI/c1-12-5-7-13(8-6-12)11-17(15,16)10-9-14(2,3)4;/h5-8H,9-11H2,1-4H3;1H/q+1;/p-1. The predicted molar refractivity (Wildman–Crippen MR) is 71.6 cm³/mol. The molecule has 5 heteroatoms. The first kappa shape index (κ1) is 17.9. The van der Waals surface area contributed by atoms with Gasteiger partial charge in [0.05, 0.1) is 39.2 Å². The lowest BCUT2D eigenvalue weighted by molar-refractivity contribution is -0.867. The summed E-state index contributed by atoms with van der Waals surface area (Å²) >= 11 is 0. The van der Waals surface area contributed by atoms with Gasteiger partial charge >= 0.3 is 0 Å². The molecular formula is C13H22INO2S. The summed E-state index contributed by atoms with van der Waals surface area (Å²) in [7, 11) is 3.01. The first-order valence-electron chi connectivity index (χ1n) is 5.74. The van der Waals surface area contributed by atoms with Gasteiger partial charge in [-0.3, -0.25) is 0 Å². The fourth-order valence-electron chi connectivity index (χ4n) is 1.42. The Morgan fingerprint density at radius 1 is 1.06 bits per heavy atom. The maximum atomic E-state index is 11.9. The van der Waals surface area contributed by atoms with Crippen LogP contribution in [0.1, 0.15) is 11.1 Å². The summed E-state index contributed by atoms with van der Waals surface area (Å²) in [6, 6.07) is 7.67. The normalized spacial score (nSPS) is 12.0. The quantitative estimate of drug-likeness (QED) is 0.464. The number of hydrogen-bond donors (Lipinski definition) is 0. The van der Waals surface area contributed by atoms with Crippen LogP contribution in [0.5, 0.6) is 0 Å². The molecule has 0 heterocycles. The van der Waals surface area contributed by atoms with Crippen LogP contribution in [0.2, 0.25) is 0 Å². The summed E-state index contributed by atoms with van der Waals surface area (Å²) in [5.41, 5.74) is 2.02. The Hall–Kier alpha value is -0.140. The van der Waals surface area contributed by atoms with Gasteiger partial charge in [0.1, 0.15) is 0 Å². The molecule has 104 valence electrons. The smallest absolute Gasteiger partial charge is 0.159 e. The topological polar surface area (TPSA) is 34.1 Å². The number of benzene rings is 1. The molecule has 0 aromatic heterocycles. The van der Waals surface area contributed by atoms with E-state index < -0.39 is 9.84 Å². The molecule has 0 N–H and O–H groups in total. The van der Waals surface area contributed by atoms with Gasteiger partial charge in [-0.15, -0.1) is 0 Å². The Bertz CT molecular complexity index is 461. The van der Waals surface area contributed by atoms with Crippen LogP contribution in [0.25, 0.3) is 0 Å². The van der Waals surface area contributed by atoms with Crippen molar-refractivity contribution in [1.29, 1.82) is 0 Å². The molecule has 0 aliphatic heterocycles. The van der Waals surface area contributed by atoms with Gasteiger partial charge in [0.15, 0.2) is 9.84 Å². The van der Waals surface area contributed by atoms with Crippen molar-refractivity contribution in [3.63, 3.8) is 0 Å². The van der Waals surface area contributed by atoms with Gasteiger partial charge in [0.25, 0.3) is 0 Å². The van der Waals surface area contributed by atoms with Crippen molar-refractivity contribution in [3.8, 4) is 0 Å². The Labute approximate surface area is 128 Å². The Balaban J connectivity index is 0.00000289. The number of aryl methyl sites for hydroxylation is 1. The van der Waals surface area contributed by atoms with Gasteiger partial charge < -0.3 is 28.5 Å². The zero-order valence-electron chi connectivity index (χ0n) is 11.5. The second-order valence-electron chi connectivity index (χ2n) is 5.59. The van der Waals surface area contributed by atoms with Crippen LogP contribution in [0, 0.1) is 6.92 Å². The predicted octanol–water partition coefficient (Wildman–Crippen LogP) is -1.38. The van der Waals surface area contributed by atoms with Crippen LogP contribution < -0.4 is 24.0 Å². The molecule has 0 bridgehead atoms. The minimum Gasteiger partial charge on any atom is -1.00 e. The van der Waals surface area contributed by atoms with Gasteiger partial charge in [0.2, 0.25) is 0 Å². The number of nitrogens with zero attached hydrogens (tertiary/aromatic N) is 1. The van der Waals surface area contributed by atoms with Crippen LogP contribution in [0.4, 0.5) is 0 Å². The van der Waals surface area contributed by atoms with E-state index in [9.17, 15) is 8.42 Å². The zero-order valence-corrected chi connectivity index (χ0v) is 14.5. The van der Waals surface area contributed by atoms with Crippen LogP contribution in [-0.2, 0) is 15.6 Å². The second kappa shape index (κ2) is 6.86. The molecule has 0 atom stereocenters. The lowest BCUT2D eigenvalue weighted by Gasteiger charge is -2.23. The molecule has 0 fully saturated rings. The average Bonchev–Trinajstić information content (AvgIpc) is 2.18. The molecule has 0 aliphatic rings. The summed E-state index contributed by atoms with van der Waals surface area (Å²) in [6.45, 7) is 2.64. The van der Waals surface area contributed by atoms with Crippen LogP contribution in [0.15, 0.2) is 24.3 Å². The van der Waals surface area contributed by atoms with E-state index in [-0.39, 0.29) is 35.5 Å². The van der Waals surface area contributed by atoms with Crippen LogP contribution in [0.3, 0.4) is 0 Å². The summed E-state index contributed by atoms with van der Waals surface area (Å²) in [4.78, 5) is 0. The molecule has 18 heavy (non-hydrogen) atoms. The molecule has 1 aromatic rings. The minimum absolute atomic E-state index is 0. The number of halogens is 1. The van der Waals surface area contributed by atoms with Crippen LogP contribution in [-0.4, -0.2) is 46.3 Å².